The van der Waals surface area contributed by atoms with Crippen molar-refractivity contribution in [1.29, 1.82) is 0 Å². The van der Waals surface area contributed by atoms with Crippen molar-refractivity contribution in [2.75, 3.05) is 18.1 Å². The maximum atomic E-state index is 9.44. The molecule has 4 heteroatoms. The largest absolute Gasteiger partial charge is 0.396 e. The molecule has 0 spiro atoms. The molecule has 1 aromatic rings. The smallest absolute Gasteiger partial charge is 0.0702 e. The molecule has 2 rings (SSSR count). The first-order chi connectivity index (χ1) is 8.76. The number of benzene rings is 1. The van der Waals surface area contributed by atoms with Gasteiger partial charge in [0.25, 0.3) is 0 Å². The predicted molar refractivity (Wildman–Crippen MR) is 74.1 cm³/mol. The van der Waals surface area contributed by atoms with Gasteiger partial charge in [0.2, 0.25) is 0 Å². The van der Waals surface area contributed by atoms with Gasteiger partial charge in [-0.05, 0) is 43.9 Å². The van der Waals surface area contributed by atoms with Crippen LogP contribution in [0.3, 0.4) is 0 Å². The first-order valence-electron chi connectivity index (χ1n) is 6.53. The van der Waals surface area contributed by atoms with Crippen molar-refractivity contribution < 1.29 is 10.2 Å². The number of hydrogen-bond acceptors (Lipinski definition) is 3. The van der Waals surface area contributed by atoms with Gasteiger partial charge in [-0.2, -0.15) is 0 Å². The van der Waals surface area contributed by atoms with Gasteiger partial charge >= 0.3 is 0 Å². The van der Waals surface area contributed by atoms with Crippen LogP contribution in [0.15, 0.2) is 18.2 Å². The van der Waals surface area contributed by atoms with E-state index in [-0.39, 0.29) is 13.2 Å². The fraction of sp³-hybridized carbons (Fsp3) is 0.571. The highest BCUT2D eigenvalue weighted by Gasteiger charge is 2.25. The SMILES string of the molecule is OCCCC1CCCN1c1ccc(Cl)cc1CO. The summed E-state index contributed by atoms with van der Waals surface area (Å²) in [7, 11) is 0. The van der Waals surface area contributed by atoms with Crippen LogP contribution in [0.25, 0.3) is 0 Å². The second-order valence-electron chi connectivity index (χ2n) is 4.79. The third-order valence-corrected chi connectivity index (χ3v) is 3.83. The fourth-order valence-electron chi connectivity index (χ4n) is 2.74. The van der Waals surface area contributed by atoms with Crippen molar-refractivity contribution in [3.8, 4) is 0 Å². The van der Waals surface area contributed by atoms with E-state index in [1.54, 1.807) is 0 Å². The highest BCUT2D eigenvalue weighted by atomic mass is 35.5. The van der Waals surface area contributed by atoms with Crippen molar-refractivity contribution in [2.24, 2.45) is 0 Å². The summed E-state index contributed by atoms with van der Waals surface area (Å²) in [6.07, 6.45) is 4.17. The number of nitrogens with zero attached hydrogens (tertiary/aromatic N) is 1. The standard InChI is InChI=1S/C14H20ClNO2/c15-12-5-6-14(11(9-12)10-18)16-7-1-3-13(16)4-2-8-17/h5-6,9,13,17-18H,1-4,7-8,10H2. The molecule has 18 heavy (non-hydrogen) atoms. The quantitative estimate of drug-likeness (QED) is 0.864. The van der Waals surface area contributed by atoms with Crippen molar-refractivity contribution in [1.82, 2.24) is 0 Å². The van der Waals surface area contributed by atoms with E-state index in [0.29, 0.717) is 11.1 Å². The molecule has 1 aromatic carbocycles. The Morgan fingerprint density at radius 3 is 2.89 bits per heavy atom. The molecule has 1 unspecified atom stereocenters. The Morgan fingerprint density at radius 1 is 1.33 bits per heavy atom. The molecule has 1 saturated heterocycles. The Hall–Kier alpha value is -0.770. The van der Waals surface area contributed by atoms with Crippen LogP contribution in [0.2, 0.25) is 5.02 Å². The van der Waals surface area contributed by atoms with E-state index in [1.807, 2.05) is 18.2 Å². The molecule has 1 atom stereocenters. The molecule has 100 valence electrons. The van der Waals surface area contributed by atoms with Crippen LogP contribution in [-0.4, -0.2) is 29.4 Å². The van der Waals surface area contributed by atoms with Gasteiger partial charge in [-0.15, -0.1) is 0 Å². The van der Waals surface area contributed by atoms with Crippen molar-refractivity contribution in [3.63, 3.8) is 0 Å². The molecule has 1 aliphatic heterocycles. The molecule has 3 nitrogen and oxygen atoms in total. The van der Waals surface area contributed by atoms with Crippen LogP contribution in [0.4, 0.5) is 5.69 Å². The second-order valence-corrected chi connectivity index (χ2v) is 5.22. The summed E-state index contributed by atoms with van der Waals surface area (Å²) < 4.78 is 0. The summed E-state index contributed by atoms with van der Waals surface area (Å²) in [6.45, 7) is 1.28. The monoisotopic (exact) mass is 269 g/mol. The summed E-state index contributed by atoms with van der Waals surface area (Å²) in [5, 5.41) is 19.0. The van der Waals surface area contributed by atoms with Gasteiger partial charge in [-0.25, -0.2) is 0 Å². The third kappa shape index (κ3) is 2.97. The molecule has 2 N–H and O–H groups in total. The number of hydrogen-bond donors (Lipinski definition) is 2. The van der Waals surface area contributed by atoms with Gasteiger partial charge in [0.15, 0.2) is 0 Å². The minimum atomic E-state index is 0.0130. The molecule has 1 aliphatic rings. The molecule has 0 saturated carbocycles. The Labute approximate surface area is 113 Å². The number of anilines is 1. The number of halogens is 1. The van der Waals surface area contributed by atoms with Gasteiger partial charge in [0.05, 0.1) is 6.61 Å². The average Bonchev–Trinajstić information content (AvgIpc) is 2.84. The zero-order valence-electron chi connectivity index (χ0n) is 10.5. The Morgan fingerprint density at radius 2 is 2.17 bits per heavy atom. The Balaban J connectivity index is 2.18. The molecule has 0 amide bonds. The molecular formula is C14H20ClNO2. The van der Waals surface area contributed by atoms with E-state index in [1.165, 1.54) is 6.42 Å². The van der Waals surface area contributed by atoms with Gasteiger partial charge in [-0.1, -0.05) is 11.6 Å². The van der Waals surface area contributed by atoms with Crippen LogP contribution >= 0.6 is 11.6 Å². The van der Waals surface area contributed by atoms with Crippen LogP contribution in [0.5, 0.6) is 0 Å². The van der Waals surface area contributed by atoms with E-state index < -0.39 is 0 Å². The first kappa shape index (κ1) is 13.7. The summed E-state index contributed by atoms with van der Waals surface area (Å²) in [5.41, 5.74) is 1.97. The van der Waals surface area contributed by atoms with Gasteiger partial charge in [0, 0.05) is 35.5 Å². The average molecular weight is 270 g/mol. The molecule has 0 bridgehead atoms. The van der Waals surface area contributed by atoms with Crippen LogP contribution < -0.4 is 4.90 Å². The van der Waals surface area contributed by atoms with Crippen molar-refractivity contribution >= 4 is 17.3 Å². The van der Waals surface area contributed by atoms with E-state index in [0.717, 1.165) is 37.1 Å². The predicted octanol–water partition coefficient (Wildman–Crippen LogP) is 2.57. The fourth-order valence-corrected chi connectivity index (χ4v) is 2.94. The summed E-state index contributed by atoms with van der Waals surface area (Å²) in [5.74, 6) is 0. The zero-order chi connectivity index (χ0) is 13.0. The lowest BCUT2D eigenvalue weighted by atomic mass is 10.1. The molecule has 0 aromatic heterocycles. The van der Waals surface area contributed by atoms with Gasteiger partial charge in [-0.3, -0.25) is 0 Å². The van der Waals surface area contributed by atoms with Crippen molar-refractivity contribution in [3.05, 3.63) is 28.8 Å². The van der Waals surface area contributed by atoms with Crippen molar-refractivity contribution in [2.45, 2.75) is 38.3 Å². The van der Waals surface area contributed by atoms with E-state index in [2.05, 4.69) is 4.90 Å². The lowest BCUT2D eigenvalue weighted by molar-refractivity contribution is 0.277. The highest BCUT2D eigenvalue weighted by molar-refractivity contribution is 6.30. The highest BCUT2D eigenvalue weighted by Crippen LogP contribution is 2.32. The number of aliphatic hydroxyl groups excluding tert-OH is 2. The Kier molecular flexibility index (Phi) is 4.87. The van der Waals surface area contributed by atoms with E-state index in [9.17, 15) is 5.11 Å². The molecule has 0 radical (unpaired) electrons. The van der Waals surface area contributed by atoms with Gasteiger partial charge in [0.1, 0.15) is 0 Å². The topological polar surface area (TPSA) is 43.7 Å². The second kappa shape index (κ2) is 6.41. The van der Waals surface area contributed by atoms with Crippen LogP contribution in [0.1, 0.15) is 31.2 Å². The minimum absolute atomic E-state index is 0.0130. The summed E-state index contributed by atoms with van der Waals surface area (Å²) in [6, 6.07) is 6.17. The normalized spacial score (nSPS) is 19.5. The molecular weight excluding hydrogens is 250 g/mol. The summed E-state index contributed by atoms with van der Waals surface area (Å²) >= 11 is 5.96. The summed E-state index contributed by atoms with van der Waals surface area (Å²) in [4.78, 5) is 2.34. The molecule has 1 heterocycles. The first-order valence-corrected chi connectivity index (χ1v) is 6.91. The zero-order valence-corrected chi connectivity index (χ0v) is 11.2. The van der Waals surface area contributed by atoms with Crippen LogP contribution in [0, 0.1) is 0 Å². The Bertz CT molecular complexity index is 397. The van der Waals surface area contributed by atoms with E-state index in [4.69, 9.17) is 16.7 Å². The van der Waals surface area contributed by atoms with Gasteiger partial charge < -0.3 is 15.1 Å². The van der Waals surface area contributed by atoms with E-state index >= 15 is 0 Å². The lowest BCUT2D eigenvalue weighted by Crippen LogP contribution is -2.30. The molecule has 1 fully saturated rings. The maximum absolute atomic E-state index is 9.44. The molecule has 0 aliphatic carbocycles. The van der Waals surface area contributed by atoms with Crippen LogP contribution in [-0.2, 0) is 6.61 Å². The number of aliphatic hydroxyl groups is 2. The lowest BCUT2D eigenvalue weighted by Gasteiger charge is -2.28. The minimum Gasteiger partial charge on any atom is -0.396 e. The maximum Gasteiger partial charge on any atom is 0.0702 e. The third-order valence-electron chi connectivity index (χ3n) is 3.59. The number of rotatable bonds is 5.